The fraction of sp³-hybridized carbons (Fsp3) is 0.0690. The van der Waals surface area contributed by atoms with Gasteiger partial charge in [0.2, 0.25) is 0 Å². The number of furan rings is 1. The first-order valence-corrected chi connectivity index (χ1v) is 20.9. The van der Waals surface area contributed by atoms with Gasteiger partial charge in [0.05, 0.1) is 16.5 Å². The third-order valence-corrected chi connectivity index (χ3v) is 13.4. The van der Waals surface area contributed by atoms with Crippen molar-refractivity contribution in [2.45, 2.75) is 24.7 Å². The number of hydrogen-bond acceptors (Lipinski definition) is 2. The minimum Gasteiger partial charge on any atom is -0.456 e. The standard InChI is InChI=1S/C58H41NO/c1-57(2)48-25-12-9-21-43(48)46-36-35-42(37-52(46)57)59(41-33-31-39(32-34-41)38-17-5-3-6-18-38)53-29-16-30-54-55(53)47-24-15-28-51(56(47)60-54)58(40-19-7-4-8-20-40)49-26-13-10-22-44(49)45-23-11-14-27-50(45)58/h3-37H,1-2H3. The third kappa shape index (κ3) is 4.82. The van der Waals surface area contributed by atoms with Crippen molar-refractivity contribution in [3.8, 4) is 33.4 Å². The van der Waals surface area contributed by atoms with Crippen LogP contribution in [-0.4, -0.2) is 0 Å². The molecule has 0 fully saturated rings. The van der Waals surface area contributed by atoms with Gasteiger partial charge in [-0.25, -0.2) is 0 Å². The maximum Gasteiger partial charge on any atom is 0.140 e. The lowest BCUT2D eigenvalue weighted by Crippen LogP contribution is -2.28. The predicted octanol–water partition coefficient (Wildman–Crippen LogP) is 15.4. The van der Waals surface area contributed by atoms with E-state index in [0.29, 0.717) is 0 Å². The lowest BCUT2D eigenvalue weighted by atomic mass is 9.67. The van der Waals surface area contributed by atoms with Crippen LogP contribution < -0.4 is 4.90 Å². The Bertz CT molecular complexity index is 3240. The van der Waals surface area contributed by atoms with E-state index in [4.69, 9.17) is 4.42 Å². The Labute approximate surface area is 350 Å². The zero-order valence-corrected chi connectivity index (χ0v) is 33.6. The van der Waals surface area contributed by atoms with Gasteiger partial charge in [0.15, 0.2) is 0 Å². The number of para-hydroxylation sites is 1. The Morgan fingerprint density at radius 3 is 1.63 bits per heavy atom. The summed E-state index contributed by atoms with van der Waals surface area (Å²) in [5, 5.41) is 2.18. The highest BCUT2D eigenvalue weighted by Gasteiger charge is 2.47. The number of rotatable bonds is 6. The minimum absolute atomic E-state index is 0.145. The molecule has 0 saturated carbocycles. The Hall–Kier alpha value is -7.42. The summed E-state index contributed by atoms with van der Waals surface area (Å²) in [5.74, 6) is 0. The van der Waals surface area contributed by atoms with Crippen molar-refractivity contribution in [1.82, 2.24) is 0 Å². The molecule has 0 saturated heterocycles. The Morgan fingerprint density at radius 1 is 0.400 bits per heavy atom. The highest BCUT2D eigenvalue weighted by molar-refractivity contribution is 6.15. The van der Waals surface area contributed by atoms with E-state index in [1.807, 2.05) is 0 Å². The summed E-state index contributed by atoms with van der Waals surface area (Å²) in [6.45, 7) is 4.71. The van der Waals surface area contributed by atoms with Gasteiger partial charge in [-0.05, 0) is 97.6 Å². The molecule has 9 aromatic carbocycles. The van der Waals surface area contributed by atoms with Crippen LogP contribution in [0.25, 0.3) is 55.3 Å². The Morgan fingerprint density at radius 2 is 0.933 bits per heavy atom. The molecule has 2 nitrogen and oxygen atoms in total. The highest BCUT2D eigenvalue weighted by atomic mass is 16.3. The van der Waals surface area contributed by atoms with Crippen LogP contribution in [0.2, 0.25) is 0 Å². The van der Waals surface area contributed by atoms with Crippen molar-refractivity contribution in [2.24, 2.45) is 0 Å². The molecule has 12 rings (SSSR count). The third-order valence-electron chi connectivity index (χ3n) is 13.4. The number of fused-ring (bicyclic) bond motifs is 9. The van der Waals surface area contributed by atoms with Gasteiger partial charge in [0, 0.05) is 27.7 Å². The minimum atomic E-state index is -0.588. The molecule has 60 heavy (non-hydrogen) atoms. The molecule has 0 bridgehead atoms. The molecule has 0 unspecified atom stereocenters. The van der Waals surface area contributed by atoms with Crippen molar-refractivity contribution in [3.63, 3.8) is 0 Å². The summed E-state index contributed by atoms with van der Waals surface area (Å²) < 4.78 is 7.23. The Balaban J connectivity index is 1.12. The molecule has 10 aromatic rings. The van der Waals surface area contributed by atoms with Crippen LogP contribution in [0.15, 0.2) is 217 Å². The summed E-state index contributed by atoms with van der Waals surface area (Å²) in [7, 11) is 0. The molecule has 284 valence electrons. The molecular formula is C58H41NO. The maximum absolute atomic E-state index is 7.23. The SMILES string of the molecule is CC1(C)c2ccccc2-c2ccc(N(c3ccc(-c4ccccc4)cc3)c3cccc4oc5c(C6(c7ccccc7)c7ccccc7-c7ccccc76)cccc5c34)cc21. The fourth-order valence-corrected chi connectivity index (χ4v) is 10.7. The molecule has 2 heteroatoms. The van der Waals surface area contributed by atoms with Gasteiger partial charge in [-0.2, -0.15) is 0 Å². The second kappa shape index (κ2) is 13.0. The van der Waals surface area contributed by atoms with E-state index >= 15 is 0 Å². The molecule has 1 aromatic heterocycles. The van der Waals surface area contributed by atoms with Gasteiger partial charge in [0.1, 0.15) is 11.2 Å². The van der Waals surface area contributed by atoms with E-state index in [2.05, 4.69) is 231 Å². The molecule has 0 aliphatic heterocycles. The molecule has 2 aliphatic rings. The molecule has 1 heterocycles. The smallest absolute Gasteiger partial charge is 0.140 e. The van der Waals surface area contributed by atoms with E-state index in [1.165, 1.54) is 61.2 Å². The Kier molecular flexibility index (Phi) is 7.52. The number of nitrogens with zero attached hydrogens (tertiary/aromatic N) is 1. The lowest BCUT2D eigenvalue weighted by molar-refractivity contribution is 0.648. The molecule has 2 aliphatic carbocycles. The topological polar surface area (TPSA) is 16.4 Å². The first-order chi connectivity index (χ1) is 29.5. The number of anilines is 3. The predicted molar refractivity (Wildman–Crippen MR) is 249 cm³/mol. The summed E-state index contributed by atoms with van der Waals surface area (Å²) in [4.78, 5) is 2.44. The maximum atomic E-state index is 7.23. The molecule has 0 N–H and O–H groups in total. The van der Waals surface area contributed by atoms with E-state index in [0.717, 1.165) is 44.6 Å². The van der Waals surface area contributed by atoms with Crippen molar-refractivity contribution in [1.29, 1.82) is 0 Å². The molecule has 0 spiro atoms. The van der Waals surface area contributed by atoms with Crippen molar-refractivity contribution >= 4 is 39.0 Å². The molecule has 0 radical (unpaired) electrons. The van der Waals surface area contributed by atoms with Crippen LogP contribution in [0.1, 0.15) is 47.2 Å². The fourth-order valence-electron chi connectivity index (χ4n) is 10.7. The second-order valence-corrected chi connectivity index (χ2v) is 16.8. The summed E-state index contributed by atoms with van der Waals surface area (Å²) in [5.41, 5.74) is 19.4. The lowest BCUT2D eigenvalue weighted by Gasteiger charge is -2.33. The summed E-state index contributed by atoms with van der Waals surface area (Å²) >= 11 is 0. The van der Waals surface area contributed by atoms with Crippen molar-refractivity contribution in [3.05, 3.63) is 246 Å². The number of benzene rings is 9. The molecule has 0 atom stereocenters. The average molecular weight is 768 g/mol. The van der Waals surface area contributed by atoms with Crippen LogP contribution in [0, 0.1) is 0 Å². The van der Waals surface area contributed by atoms with Gasteiger partial charge in [-0.3, -0.25) is 0 Å². The van der Waals surface area contributed by atoms with Crippen LogP contribution >= 0.6 is 0 Å². The van der Waals surface area contributed by atoms with Crippen LogP contribution in [0.4, 0.5) is 17.1 Å². The molecular weight excluding hydrogens is 727 g/mol. The van der Waals surface area contributed by atoms with Crippen molar-refractivity contribution < 1.29 is 4.42 Å². The van der Waals surface area contributed by atoms with Gasteiger partial charge in [-0.1, -0.05) is 190 Å². The van der Waals surface area contributed by atoms with Crippen molar-refractivity contribution in [2.75, 3.05) is 4.90 Å². The second-order valence-electron chi connectivity index (χ2n) is 16.8. The van der Waals surface area contributed by atoms with E-state index in [-0.39, 0.29) is 5.41 Å². The summed E-state index contributed by atoms with van der Waals surface area (Å²) in [6, 6.07) is 77.7. The first-order valence-electron chi connectivity index (χ1n) is 20.9. The van der Waals surface area contributed by atoms with Crippen LogP contribution in [-0.2, 0) is 10.8 Å². The van der Waals surface area contributed by atoms with Gasteiger partial charge < -0.3 is 9.32 Å². The quantitative estimate of drug-likeness (QED) is 0.168. The van der Waals surface area contributed by atoms with E-state index in [9.17, 15) is 0 Å². The van der Waals surface area contributed by atoms with Crippen LogP contribution in [0.5, 0.6) is 0 Å². The normalized spacial score (nSPS) is 14.1. The zero-order valence-electron chi connectivity index (χ0n) is 33.6. The summed E-state index contributed by atoms with van der Waals surface area (Å²) in [6.07, 6.45) is 0. The largest absolute Gasteiger partial charge is 0.456 e. The number of hydrogen-bond donors (Lipinski definition) is 0. The zero-order chi connectivity index (χ0) is 40.0. The van der Waals surface area contributed by atoms with Gasteiger partial charge in [-0.15, -0.1) is 0 Å². The monoisotopic (exact) mass is 767 g/mol. The van der Waals surface area contributed by atoms with Gasteiger partial charge >= 0.3 is 0 Å². The first kappa shape index (κ1) is 34.6. The van der Waals surface area contributed by atoms with E-state index < -0.39 is 5.41 Å². The highest BCUT2D eigenvalue weighted by Crippen LogP contribution is 2.58. The van der Waals surface area contributed by atoms with E-state index in [1.54, 1.807) is 0 Å². The molecule has 0 amide bonds. The van der Waals surface area contributed by atoms with Gasteiger partial charge in [0.25, 0.3) is 0 Å². The van der Waals surface area contributed by atoms with Crippen LogP contribution in [0.3, 0.4) is 0 Å². The average Bonchev–Trinajstić information content (AvgIpc) is 3.92.